The van der Waals surface area contributed by atoms with Crippen molar-refractivity contribution >= 4 is 17.9 Å². The van der Waals surface area contributed by atoms with E-state index in [4.69, 9.17) is 14.2 Å². The molecule has 0 saturated carbocycles. The summed E-state index contributed by atoms with van der Waals surface area (Å²) < 4.78 is 16.7. The summed E-state index contributed by atoms with van der Waals surface area (Å²) in [4.78, 5) is 37.7. The van der Waals surface area contributed by atoms with E-state index in [1.807, 2.05) is 0 Å². The Balaban J connectivity index is 4.27. The fraction of sp³-hybridized carbons (Fsp3) is 0.820. The lowest BCUT2D eigenvalue weighted by atomic mass is 10.1. The summed E-state index contributed by atoms with van der Waals surface area (Å²) in [6.07, 6.45) is 51.4. The molecule has 0 aliphatic carbocycles. The number of esters is 3. The maximum atomic E-state index is 12.7. The minimum absolute atomic E-state index is 0.0781. The predicted molar refractivity (Wildman–Crippen MR) is 238 cm³/mol. The van der Waals surface area contributed by atoms with Crippen molar-refractivity contribution in [3.63, 3.8) is 0 Å². The van der Waals surface area contributed by atoms with Crippen molar-refractivity contribution in [2.45, 2.75) is 252 Å². The quantitative estimate of drug-likeness (QED) is 0.0265. The van der Waals surface area contributed by atoms with Crippen molar-refractivity contribution in [1.82, 2.24) is 0 Å². The number of hydrogen-bond donors (Lipinski definition) is 0. The highest BCUT2D eigenvalue weighted by Crippen LogP contribution is 2.14. The van der Waals surface area contributed by atoms with Crippen LogP contribution in [0.3, 0.4) is 0 Å². The summed E-state index contributed by atoms with van der Waals surface area (Å²) in [5, 5.41) is 0. The third kappa shape index (κ3) is 42.8. The van der Waals surface area contributed by atoms with Crippen LogP contribution in [0.15, 0.2) is 36.5 Å². The van der Waals surface area contributed by atoms with E-state index in [-0.39, 0.29) is 31.1 Å². The molecule has 0 radical (unpaired) electrons. The Morgan fingerprint density at radius 3 is 1.07 bits per heavy atom. The van der Waals surface area contributed by atoms with Crippen LogP contribution in [0, 0.1) is 0 Å². The van der Waals surface area contributed by atoms with Gasteiger partial charge in [0.05, 0.1) is 0 Å². The predicted octanol–water partition coefficient (Wildman–Crippen LogP) is 15.4. The molecule has 0 aromatic rings. The van der Waals surface area contributed by atoms with Gasteiger partial charge in [-0.3, -0.25) is 14.4 Å². The lowest BCUT2D eigenvalue weighted by Crippen LogP contribution is -2.30. The lowest BCUT2D eigenvalue weighted by Gasteiger charge is -2.18. The van der Waals surface area contributed by atoms with Gasteiger partial charge in [0.25, 0.3) is 0 Å². The highest BCUT2D eigenvalue weighted by molar-refractivity contribution is 5.71. The molecular weight excluding hydrogens is 697 g/mol. The van der Waals surface area contributed by atoms with Crippen LogP contribution in [0.5, 0.6) is 0 Å². The van der Waals surface area contributed by atoms with Gasteiger partial charge in [-0.1, -0.05) is 192 Å². The Morgan fingerprint density at radius 2 is 0.679 bits per heavy atom. The van der Waals surface area contributed by atoms with E-state index in [1.54, 1.807) is 0 Å². The van der Waals surface area contributed by atoms with Crippen LogP contribution in [-0.2, 0) is 28.6 Å². The molecule has 0 spiro atoms. The molecule has 0 aromatic heterocycles. The molecule has 0 aliphatic rings. The molecule has 0 heterocycles. The van der Waals surface area contributed by atoms with Crippen molar-refractivity contribution in [2.75, 3.05) is 13.2 Å². The zero-order valence-electron chi connectivity index (χ0n) is 37.2. The van der Waals surface area contributed by atoms with Gasteiger partial charge in [0.1, 0.15) is 13.2 Å². The topological polar surface area (TPSA) is 78.9 Å². The van der Waals surface area contributed by atoms with Crippen molar-refractivity contribution in [1.29, 1.82) is 0 Å². The summed E-state index contributed by atoms with van der Waals surface area (Å²) >= 11 is 0. The molecule has 1 unspecified atom stereocenters. The second-order valence-corrected chi connectivity index (χ2v) is 16.0. The second-order valence-electron chi connectivity index (χ2n) is 16.0. The van der Waals surface area contributed by atoms with E-state index in [0.717, 1.165) is 89.9 Å². The van der Waals surface area contributed by atoms with E-state index < -0.39 is 6.10 Å². The molecule has 1 atom stereocenters. The van der Waals surface area contributed by atoms with Crippen LogP contribution in [-0.4, -0.2) is 37.2 Å². The molecular formula is C50H90O6. The first-order valence-electron chi connectivity index (χ1n) is 24.0. The third-order valence-corrected chi connectivity index (χ3v) is 10.3. The Hall–Kier alpha value is -2.37. The first kappa shape index (κ1) is 53.6. The highest BCUT2D eigenvalue weighted by atomic mass is 16.6. The van der Waals surface area contributed by atoms with Crippen molar-refractivity contribution in [2.24, 2.45) is 0 Å². The van der Waals surface area contributed by atoms with Gasteiger partial charge in [-0.15, -0.1) is 0 Å². The smallest absolute Gasteiger partial charge is 0.306 e. The molecule has 0 amide bonds. The fourth-order valence-electron chi connectivity index (χ4n) is 6.71. The number of carbonyl (C=O) groups excluding carboxylic acids is 3. The molecule has 0 aliphatic heterocycles. The average molecular weight is 787 g/mol. The van der Waals surface area contributed by atoms with Gasteiger partial charge in [0.15, 0.2) is 6.10 Å². The second kappa shape index (κ2) is 45.3. The Labute approximate surface area is 346 Å². The number of hydrogen-bond acceptors (Lipinski definition) is 6. The monoisotopic (exact) mass is 787 g/mol. The molecule has 0 bridgehead atoms. The van der Waals surface area contributed by atoms with Gasteiger partial charge in [-0.05, 0) is 70.6 Å². The van der Waals surface area contributed by atoms with Gasteiger partial charge in [0, 0.05) is 19.3 Å². The molecule has 56 heavy (non-hydrogen) atoms. The maximum absolute atomic E-state index is 12.7. The molecule has 0 aromatic carbocycles. The molecule has 0 N–H and O–H groups in total. The largest absolute Gasteiger partial charge is 0.462 e. The average Bonchev–Trinajstić information content (AvgIpc) is 3.19. The van der Waals surface area contributed by atoms with Crippen LogP contribution in [0.4, 0.5) is 0 Å². The Morgan fingerprint density at radius 1 is 0.357 bits per heavy atom. The number of allylic oxidation sites excluding steroid dienone is 6. The zero-order valence-corrected chi connectivity index (χ0v) is 37.2. The van der Waals surface area contributed by atoms with E-state index in [9.17, 15) is 14.4 Å². The van der Waals surface area contributed by atoms with E-state index in [1.165, 1.54) is 116 Å². The van der Waals surface area contributed by atoms with Gasteiger partial charge >= 0.3 is 17.9 Å². The SMILES string of the molecule is CCC/C=C\C/C=C\CCCCCCCC(=O)OC(COC(=O)CCCCCCCCC)COC(=O)CCCCCCCCC/C=C\CCCCCCCCC. The first-order valence-corrected chi connectivity index (χ1v) is 24.0. The Kier molecular flexibility index (Phi) is 43.4. The molecule has 326 valence electrons. The number of unbranched alkanes of at least 4 members (excludes halogenated alkanes) is 26. The molecule has 0 fully saturated rings. The van der Waals surface area contributed by atoms with Gasteiger partial charge in [0.2, 0.25) is 0 Å². The molecule has 0 rings (SSSR count). The standard InChI is InChI=1S/C50H90O6/c1-4-7-10-13-16-18-20-22-23-24-25-26-28-29-31-34-37-40-43-49(52)55-46-47(45-54-48(51)42-39-36-33-15-12-9-6-3)56-50(53)44-41-38-35-32-30-27-21-19-17-14-11-8-5-2/h11,14,19,21,23-24,47H,4-10,12-13,15-18,20,22,25-46H2,1-3H3/b14-11-,21-19-,24-23-. The zero-order chi connectivity index (χ0) is 40.8. The van der Waals surface area contributed by atoms with E-state index in [0.29, 0.717) is 19.3 Å². The molecule has 6 heteroatoms. The summed E-state index contributed by atoms with van der Waals surface area (Å²) in [5.74, 6) is -0.900. The van der Waals surface area contributed by atoms with E-state index >= 15 is 0 Å². The summed E-state index contributed by atoms with van der Waals surface area (Å²) in [6.45, 7) is 6.52. The summed E-state index contributed by atoms with van der Waals surface area (Å²) in [7, 11) is 0. The van der Waals surface area contributed by atoms with E-state index in [2.05, 4.69) is 57.2 Å². The lowest BCUT2D eigenvalue weighted by molar-refractivity contribution is -0.167. The third-order valence-electron chi connectivity index (χ3n) is 10.3. The maximum Gasteiger partial charge on any atom is 0.306 e. The molecule has 0 saturated heterocycles. The molecule has 6 nitrogen and oxygen atoms in total. The number of rotatable bonds is 43. The van der Waals surface area contributed by atoms with Crippen molar-refractivity contribution in [3.8, 4) is 0 Å². The number of carbonyl (C=O) groups is 3. The van der Waals surface area contributed by atoms with Crippen molar-refractivity contribution in [3.05, 3.63) is 36.5 Å². The van der Waals surface area contributed by atoms with Crippen LogP contribution in [0.1, 0.15) is 245 Å². The highest BCUT2D eigenvalue weighted by Gasteiger charge is 2.19. The minimum atomic E-state index is -0.775. The summed E-state index contributed by atoms with van der Waals surface area (Å²) in [5.41, 5.74) is 0. The van der Waals surface area contributed by atoms with Gasteiger partial charge < -0.3 is 14.2 Å². The fourth-order valence-corrected chi connectivity index (χ4v) is 6.71. The van der Waals surface area contributed by atoms with Crippen LogP contribution < -0.4 is 0 Å². The first-order chi connectivity index (χ1) is 27.5. The van der Waals surface area contributed by atoms with Crippen LogP contribution in [0.25, 0.3) is 0 Å². The van der Waals surface area contributed by atoms with Crippen LogP contribution in [0.2, 0.25) is 0 Å². The van der Waals surface area contributed by atoms with Gasteiger partial charge in [-0.25, -0.2) is 0 Å². The van der Waals surface area contributed by atoms with Crippen LogP contribution >= 0.6 is 0 Å². The minimum Gasteiger partial charge on any atom is -0.462 e. The van der Waals surface area contributed by atoms with Gasteiger partial charge in [-0.2, -0.15) is 0 Å². The summed E-state index contributed by atoms with van der Waals surface area (Å²) in [6, 6.07) is 0. The normalized spacial score (nSPS) is 12.3. The van der Waals surface area contributed by atoms with Crippen molar-refractivity contribution < 1.29 is 28.6 Å². The number of ether oxygens (including phenoxy) is 3. The Bertz CT molecular complexity index is 953.